The number of thiocarbonyl (C=S) groups is 1. The molecule has 2 rings (SSSR count). The number of rotatable bonds is 3. The SMILES string of the molecule is Oc1c(F)cc(Br)cc1NC(=S)NC=Cc1ccccc1. The summed E-state index contributed by atoms with van der Waals surface area (Å²) in [5.41, 5.74) is 1.21. The lowest BCUT2D eigenvalue weighted by Crippen LogP contribution is -2.23. The van der Waals surface area contributed by atoms with Crippen LogP contribution in [0.15, 0.2) is 53.1 Å². The summed E-state index contributed by atoms with van der Waals surface area (Å²) in [4.78, 5) is 0. The van der Waals surface area contributed by atoms with Gasteiger partial charge < -0.3 is 15.7 Å². The lowest BCUT2D eigenvalue weighted by atomic mass is 10.2. The third-order valence-electron chi connectivity index (χ3n) is 2.57. The van der Waals surface area contributed by atoms with Gasteiger partial charge in [-0.15, -0.1) is 0 Å². The topological polar surface area (TPSA) is 44.3 Å². The van der Waals surface area contributed by atoms with E-state index in [1.165, 1.54) is 12.1 Å². The fourth-order valence-corrected chi connectivity index (χ4v) is 2.21. The molecule has 21 heavy (non-hydrogen) atoms. The molecule has 3 N–H and O–H groups in total. The van der Waals surface area contributed by atoms with Gasteiger partial charge in [-0.05, 0) is 36.0 Å². The van der Waals surface area contributed by atoms with Crippen LogP contribution in [0.3, 0.4) is 0 Å². The number of halogens is 2. The molecule has 0 aliphatic carbocycles. The van der Waals surface area contributed by atoms with Gasteiger partial charge in [0, 0.05) is 10.7 Å². The van der Waals surface area contributed by atoms with E-state index in [1.807, 2.05) is 36.4 Å². The second-order valence-corrected chi connectivity index (χ2v) is 5.45. The van der Waals surface area contributed by atoms with Crippen LogP contribution in [0.5, 0.6) is 5.75 Å². The predicted octanol–water partition coefficient (Wildman–Crippen LogP) is 4.25. The van der Waals surface area contributed by atoms with Crippen molar-refractivity contribution < 1.29 is 9.50 Å². The number of anilines is 1. The van der Waals surface area contributed by atoms with Crippen LogP contribution < -0.4 is 10.6 Å². The van der Waals surface area contributed by atoms with E-state index in [1.54, 1.807) is 6.20 Å². The maximum absolute atomic E-state index is 13.4. The van der Waals surface area contributed by atoms with Gasteiger partial charge in [0.2, 0.25) is 0 Å². The molecule has 0 radical (unpaired) electrons. The zero-order chi connectivity index (χ0) is 15.2. The summed E-state index contributed by atoms with van der Waals surface area (Å²) in [5.74, 6) is -1.20. The Kier molecular flexibility index (Phi) is 5.30. The van der Waals surface area contributed by atoms with Gasteiger partial charge in [0.05, 0.1) is 5.69 Å². The van der Waals surface area contributed by atoms with Crippen molar-refractivity contribution in [1.82, 2.24) is 5.32 Å². The number of benzene rings is 2. The van der Waals surface area contributed by atoms with Crippen LogP contribution in [0.2, 0.25) is 0 Å². The van der Waals surface area contributed by atoms with Gasteiger partial charge in [-0.3, -0.25) is 0 Å². The number of aromatic hydroxyl groups is 1. The van der Waals surface area contributed by atoms with Crippen molar-refractivity contribution in [2.75, 3.05) is 5.32 Å². The molecule has 2 aromatic rings. The predicted molar refractivity (Wildman–Crippen MR) is 90.6 cm³/mol. The number of nitrogens with one attached hydrogen (secondary N) is 2. The number of hydrogen-bond acceptors (Lipinski definition) is 2. The number of phenolic OH excluding ortho intramolecular Hbond substituents is 1. The molecule has 6 heteroatoms. The molecule has 3 nitrogen and oxygen atoms in total. The Balaban J connectivity index is 1.98. The molecule has 0 amide bonds. The van der Waals surface area contributed by atoms with Gasteiger partial charge >= 0.3 is 0 Å². The first-order valence-corrected chi connectivity index (χ1v) is 7.23. The smallest absolute Gasteiger partial charge is 0.175 e. The minimum absolute atomic E-state index is 0.187. The van der Waals surface area contributed by atoms with Crippen LogP contribution in [0.4, 0.5) is 10.1 Å². The van der Waals surface area contributed by atoms with Crippen LogP contribution in [0, 0.1) is 5.82 Å². The monoisotopic (exact) mass is 366 g/mol. The average Bonchev–Trinajstić information content (AvgIpc) is 2.45. The van der Waals surface area contributed by atoms with E-state index in [9.17, 15) is 9.50 Å². The molecule has 0 aliphatic heterocycles. The van der Waals surface area contributed by atoms with Crippen molar-refractivity contribution >= 4 is 45.0 Å². The Morgan fingerprint density at radius 3 is 2.67 bits per heavy atom. The summed E-state index contributed by atoms with van der Waals surface area (Å²) in [6.07, 6.45) is 3.51. The van der Waals surface area contributed by atoms with Gasteiger partial charge in [0.15, 0.2) is 16.7 Å². The first-order valence-electron chi connectivity index (χ1n) is 6.03. The Bertz CT molecular complexity index is 677. The highest BCUT2D eigenvalue weighted by Crippen LogP contribution is 2.30. The molecule has 0 heterocycles. The van der Waals surface area contributed by atoms with Crippen LogP contribution >= 0.6 is 28.1 Å². The second kappa shape index (κ2) is 7.19. The van der Waals surface area contributed by atoms with Crippen LogP contribution in [0.25, 0.3) is 6.08 Å². The molecular formula is C15H12BrFN2OS. The molecule has 0 atom stereocenters. The van der Waals surface area contributed by atoms with E-state index >= 15 is 0 Å². The van der Waals surface area contributed by atoms with Crippen molar-refractivity contribution in [3.8, 4) is 5.75 Å². The third-order valence-corrected chi connectivity index (χ3v) is 3.24. The summed E-state index contributed by atoms with van der Waals surface area (Å²) >= 11 is 8.23. The molecule has 2 aromatic carbocycles. The molecule has 108 valence electrons. The number of hydrogen-bond donors (Lipinski definition) is 3. The second-order valence-electron chi connectivity index (χ2n) is 4.13. The highest BCUT2D eigenvalue weighted by Gasteiger charge is 2.09. The lowest BCUT2D eigenvalue weighted by Gasteiger charge is -2.10. The van der Waals surface area contributed by atoms with E-state index in [0.29, 0.717) is 4.47 Å². The van der Waals surface area contributed by atoms with Crippen LogP contribution in [-0.2, 0) is 0 Å². The maximum Gasteiger partial charge on any atom is 0.175 e. The Morgan fingerprint density at radius 1 is 1.24 bits per heavy atom. The standard InChI is InChI=1S/C15H12BrFN2OS/c16-11-8-12(17)14(20)13(9-11)19-15(21)18-7-6-10-4-2-1-3-5-10/h1-9,20H,(H2,18,19,21). The zero-order valence-corrected chi connectivity index (χ0v) is 13.2. The van der Waals surface area contributed by atoms with E-state index in [4.69, 9.17) is 12.2 Å². The van der Waals surface area contributed by atoms with Gasteiger partial charge in [-0.2, -0.15) is 0 Å². The molecule has 0 aliphatic rings. The molecular weight excluding hydrogens is 355 g/mol. The molecule has 0 unspecified atom stereocenters. The largest absolute Gasteiger partial charge is 0.503 e. The van der Waals surface area contributed by atoms with Crippen molar-refractivity contribution in [3.05, 3.63) is 64.5 Å². The first-order chi connectivity index (χ1) is 10.1. The van der Waals surface area contributed by atoms with Gasteiger partial charge in [-0.1, -0.05) is 46.3 Å². The van der Waals surface area contributed by atoms with E-state index in [-0.39, 0.29) is 10.8 Å². The Labute approximate surface area is 135 Å². The quantitative estimate of drug-likeness (QED) is 0.561. The van der Waals surface area contributed by atoms with Crippen molar-refractivity contribution in [2.45, 2.75) is 0 Å². The molecule has 0 bridgehead atoms. The van der Waals surface area contributed by atoms with E-state index < -0.39 is 11.6 Å². The van der Waals surface area contributed by atoms with E-state index in [0.717, 1.165) is 5.56 Å². The average molecular weight is 367 g/mol. The summed E-state index contributed by atoms with van der Waals surface area (Å²) in [5, 5.41) is 15.4. The fourth-order valence-electron chi connectivity index (χ4n) is 1.60. The van der Waals surface area contributed by atoms with E-state index in [2.05, 4.69) is 26.6 Å². The van der Waals surface area contributed by atoms with Crippen LogP contribution in [-0.4, -0.2) is 10.2 Å². The molecule has 0 aromatic heterocycles. The number of phenols is 1. The summed E-state index contributed by atoms with van der Waals surface area (Å²) in [6, 6.07) is 12.4. The highest BCUT2D eigenvalue weighted by atomic mass is 79.9. The zero-order valence-electron chi connectivity index (χ0n) is 10.8. The van der Waals surface area contributed by atoms with Crippen molar-refractivity contribution in [1.29, 1.82) is 0 Å². The van der Waals surface area contributed by atoms with Gasteiger partial charge in [0.25, 0.3) is 0 Å². The molecule has 0 fully saturated rings. The molecule has 0 saturated heterocycles. The van der Waals surface area contributed by atoms with Gasteiger partial charge in [-0.25, -0.2) is 4.39 Å². The maximum atomic E-state index is 13.4. The Morgan fingerprint density at radius 2 is 1.95 bits per heavy atom. The summed E-state index contributed by atoms with van der Waals surface area (Å²) in [7, 11) is 0. The Hall–Kier alpha value is -1.92. The highest BCUT2D eigenvalue weighted by molar-refractivity contribution is 9.10. The summed E-state index contributed by atoms with van der Waals surface area (Å²) in [6.45, 7) is 0. The van der Waals surface area contributed by atoms with Crippen molar-refractivity contribution in [2.24, 2.45) is 0 Å². The van der Waals surface area contributed by atoms with Gasteiger partial charge in [0.1, 0.15) is 0 Å². The summed E-state index contributed by atoms with van der Waals surface area (Å²) < 4.78 is 13.9. The molecule has 0 saturated carbocycles. The fraction of sp³-hybridized carbons (Fsp3) is 0. The lowest BCUT2D eigenvalue weighted by molar-refractivity contribution is 0.434. The minimum Gasteiger partial charge on any atom is -0.503 e. The molecule has 0 spiro atoms. The van der Waals surface area contributed by atoms with Crippen LogP contribution in [0.1, 0.15) is 5.56 Å². The first kappa shape index (κ1) is 15.5. The minimum atomic E-state index is -0.727. The van der Waals surface area contributed by atoms with Crippen molar-refractivity contribution in [3.63, 3.8) is 0 Å². The third kappa shape index (κ3) is 4.54. The normalized spacial score (nSPS) is 10.6.